The summed E-state index contributed by atoms with van der Waals surface area (Å²) in [4.78, 5) is 30.6. The van der Waals surface area contributed by atoms with Gasteiger partial charge in [0.25, 0.3) is 0 Å². The smallest absolute Gasteiger partial charge is 0.228 e. The maximum atomic E-state index is 13.3. The van der Waals surface area contributed by atoms with Crippen molar-refractivity contribution in [3.8, 4) is 11.5 Å². The third-order valence-corrected chi connectivity index (χ3v) is 6.27. The molecule has 34 heavy (non-hydrogen) atoms. The molecule has 0 aromatic heterocycles. The number of anilines is 1. The number of hydrogen-bond donors (Lipinski definition) is 1. The first kappa shape index (κ1) is 25.6. The molecule has 0 aliphatic carbocycles. The molecule has 0 spiro atoms. The average molecular weight is 468 g/mol. The minimum atomic E-state index is -0.478. The van der Waals surface area contributed by atoms with E-state index in [4.69, 9.17) is 9.47 Å². The second-order valence-corrected chi connectivity index (χ2v) is 8.62. The zero-order valence-corrected chi connectivity index (χ0v) is 20.8. The third-order valence-electron chi connectivity index (χ3n) is 6.27. The van der Waals surface area contributed by atoms with E-state index in [1.807, 2.05) is 48.5 Å². The molecule has 2 aromatic carbocycles. The first-order chi connectivity index (χ1) is 16.5. The summed E-state index contributed by atoms with van der Waals surface area (Å²) in [6.07, 6.45) is 2.34. The van der Waals surface area contributed by atoms with Gasteiger partial charge in [0.2, 0.25) is 11.8 Å². The molecule has 184 valence electrons. The highest BCUT2D eigenvalue weighted by molar-refractivity contribution is 6.01. The van der Waals surface area contributed by atoms with E-state index in [0.29, 0.717) is 6.54 Å². The van der Waals surface area contributed by atoms with Crippen LogP contribution in [0.1, 0.15) is 44.7 Å². The first-order valence-electron chi connectivity index (χ1n) is 12.1. The highest BCUT2D eigenvalue weighted by Crippen LogP contribution is 2.42. The fraction of sp³-hybridized carbons (Fsp3) is 0.481. The molecule has 2 atom stereocenters. The molecule has 0 bridgehead atoms. The number of benzene rings is 2. The molecule has 1 aliphatic heterocycles. The van der Waals surface area contributed by atoms with E-state index in [9.17, 15) is 9.59 Å². The van der Waals surface area contributed by atoms with Crippen LogP contribution in [0.5, 0.6) is 11.5 Å². The van der Waals surface area contributed by atoms with Gasteiger partial charge in [-0.25, -0.2) is 0 Å². The lowest BCUT2D eigenvalue weighted by atomic mass is 9.92. The number of amides is 2. The Hall–Kier alpha value is -3.06. The Morgan fingerprint density at radius 1 is 0.941 bits per heavy atom. The molecule has 3 rings (SSSR count). The molecule has 7 heteroatoms. The lowest BCUT2D eigenvalue weighted by Gasteiger charge is -2.29. The maximum Gasteiger partial charge on any atom is 0.228 e. The fourth-order valence-corrected chi connectivity index (χ4v) is 4.64. The van der Waals surface area contributed by atoms with Crippen molar-refractivity contribution in [3.63, 3.8) is 0 Å². The molecule has 1 N–H and O–H groups in total. The number of hydrogen-bond acceptors (Lipinski definition) is 5. The maximum absolute atomic E-state index is 13.3. The van der Waals surface area contributed by atoms with Gasteiger partial charge in [0, 0.05) is 25.2 Å². The van der Waals surface area contributed by atoms with Crippen molar-refractivity contribution in [1.29, 1.82) is 0 Å². The van der Waals surface area contributed by atoms with Crippen LogP contribution in [0.4, 0.5) is 5.69 Å². The highest BCUT2D eigenvalue weighted by Gasteiger charge is 2.45. The monoisotopic (exact) mass is 467 g/mol. The van der Waals surface area contributed by atoms with Crippen LogP contribution in [0.25, 0.3) is 0 Å². The van der Waals surface area contributed by atoms with Crippen LogP contribution in [-0.2, 0) is 9.59 Å². The summed E-state index contributed by atoms with van der Waals surface area (Å²) in [5.41, 5.74) is 1.65. The van der Waals surface area contributed by atoms with Crippen molar-refractivity contribution in [3.05, 3.63) is 54.1 Å². The van der Waals surface area contributed by atoms with Crippen molar-refractivity contribution in [2.45, 2.75) is 39.2 Å². The summed E-state index contributed by atoms with van der Waals surface area (Å²) in [6.45, 7) is 7.75. The molecule has 2 amide bonds. The van der Waals surface area contributed by atoms with E-state index in [2.05, 4.69) is 24.1 Å². The van der Waals surface area contributed by atoms with Gasteiger partial charge in [-0.3, -0.25) is 9.59 Å². The lowest BCUT2D eigenvalue weighted by Crippen LogP contribution is -2.40. The second-order valence-electron chi connectivity index (χ2n) is 8.62. The van der Waals surface area contributed by atoms with E-state index < -0.39 is 12.0 Å². The third kappa shape index (κ3) is 6.08. The Morgan fingerprint density at radius 2 is 1.50 bits per heavy atom. The molecule has 1 saturated heterocycles. The van der Waals surface area contributed by atoms with Crippen molar-refractivity contribution < 1.29 is 19.1 Å². The number of carbonyl (C=O) groups is 2. The van der Waals surface area contributed by atoms with Crippen molar-refractivity contribution in [2.75, 3.05) is 45.3 Å². The molecular weight excluding hydrogens is 430 g/mol. The van der Waals surface area contributed by atoms with Gasteiger partial charge in [0.15, 0.2) is 0 Å². The van der Waals surface area contributed by atoms with E-state index in [-0.39, 0.29) is 18.2 Å². The number of carbonyl (C=O) groups excluding carboxylic acids is 2. The van der Waals surface area contributed by atoms with Gasteiger partial charge in [-0.2, -0.15) is 0 Å². The van der Waals surface area contributed by atoms with Gasteiger partial charge >= 0.3 is 0 Å². The van der Waals surface area contributed by atoms with E-state index in [0.717, 1.165) is 55.2 Å². The first-order valence-corrected chi connectivity index (χ1v) is 12.1. The minimum Gasteiger partial charge on any atom is -0.497 e. The molecule has 1 fully saturated rings. The Bertz CT molecular complexity index is 924. The van der Waals surface area contributed by atoms with Gasteiger partial charge in [-0.1, -0.05) is 26.0 Å². The SMILES string of the molecule is CCCN(CCC)CCNC(=O)[C@@H]1CC(=O)N(c2ccc(OC)cc2)[C@H]1c1ccc(OC)cc1. The number of methoxy groups -OCH3 is 2. The van der Waals surface area contributed by atoms with Crippen LogP contribution in [0, 0.1) is 5.92 Å². The van der Waals surface area contributed by atoms with Crippen LogP contribution in [0.2, 0.25) is 0 Å². The van der Waals surface area contributed by atoms with Crippen molar-refractivity contribution in [1.82, 2.24) is 10.2 Å². The lowest BCUT2D eigenvalue weighted by molar-refractivity contribution is -0.126. The molecule has 0 saturated carbocycles. The standard InChI is InChI=1S/C27H37N3O4/c1-5-16-29(17-6-2)18-15-28-27(32)24-19-25(31)30(21-9-13-23(34-4)14-10-21)26(24)20-7-11-22(33-3)12-8-20/h7-14,24,26H,5-6,15-19H2,1-4H3,(H,28,32)/t24-,26+/m1/s1. The Morgan fingerprint density at radius 3 is 2.03 bits per heavy atom. The Kier molecular flexibility index (Phi) is 9.33. The van der Waals surface area contributed by atoms with Crippen LogP contribution in [-0.4, -0.2) is 57.1 Å². The highest BCUT2D eigenvalue weighted by atomic mass is 16.5. The molecule has 7 nitrogen and oxygen atoms in total. The van der Waals surface area contributed by atoms with Gasteiger partial charge in [0.1, 0.15) is 11.5 Å². The zero-order valence-electron chi connectivity index (χ0n) is 20.8. The molecule has 1 heterocycles. The summed E-state index contributed by atoms with van der Waals surface area (Å²) in [7, 11) is 3.23. The van der Waals surface area contributed by atoms with Gasteiger partial charge in [0.05, 0.1) is 26.2 Å². The summed E-state index contributed by atoms with van der Waals surface area (Å²) in [5, 5.41) is 3.10. The van der Waals surface area contributed by atoms with E-state index in [1.165, 1.54) is 0 Å². The molecule has 0 unspecified atom stereocenters. The predicted octanol–water partition coefficient (Wildman–Crippen LogP) is 4.04. The van der Waals surface area contributed by atoms with Crippen molar-refractivity contribution >= 4 is 17.5 Å². The minimum absolute atomic E-state index is 0.0651. The van der Waals surface area contributed by atoms with E-state index >= 15 is 0 Å². The number of nitrogens with one attached hydrogen (secondary N) is 1. The molecular formula is C27H37N3O4. The van der Waals surface area contributed by atoms with Crippen LogP contribution in [0.15, 0.2) is 48.5 Å². The summed E-state index contributed by atoms with van der Waals surface area (Å²) in [6, 6.07) is 14.6. The Labute approximate surface area is 203 Å². The Balaban J connectivity index is 1.82. The van der Waals surface area contributed by atoms with Gasteiger partial charge in [-0.15, -0.1) is 0 Å². The largest absolute Gasteiger partial charge is 0.497 e. The number of nitrogens with zero attached hydrogens (tertiary/aromatic N) is 2. The zero-order chi connectivity index (χ0) is 24.5. The average Bonchev–Trinajstić information content (AvgIpc) is 3.21. The van der Waals surface area contributed by atoms with Crippen LogP contribution in [0.3, 0.4) is 0 Å². The van der Waals surface area contributed by atoms with Crippen LogP contribution < -0.4 is 19.7 Å². The van der Waals surface area contributed by atoms with Gasteiger partial charge in [-0.05, 0) is 67.9 Å². The van der Waals surface area contributed by atoms with Crippen molar-refractivity contribution in [2.24, 2.45) is 5.92 Å². The normalized spacial score (nSPS) is 17.8. The van der Waals surface area contributed by atoms with Crippen LogP contribution >= 0.6 is 0 Å². The quantitative estimate of drug-likeness (QED) is 0.510. The van der Waals surface area contributed by atoms with E-state index in [1.54, 1.807) is 19.1 Å². The number of ether oxygens (including phenoxy) is 2. The summed E-state index contributed by atoms with van der Waals surface area (Å²) >= 11 is 0. The predicted molar refractivity (Wildman–Crippen MR) is 134 cm³/mol. The summed E-state index contributed by atoms with van der Waals surface area (Å²) < 4.78 is 10.6. The fourth-order valence-electron chi connectivity index (χ4n) is 4.64. The topological polar surface area (TPSA) is 71.1 Å². The number of rotatable bonds is 12. The summed E-state index contributed by atoms with van der Waals surface area (Å²) in [5.74, 6) is 0.822. The second kappa shape index (κ2) is 12.4. The molecule has 1 aliphatic rings. The molecule has 0 radical (unpaired) electrons. The molecule has 2 aromatic rings. The van der Waals surface area contributed by atoms with Gasteiger partial charge < -0.3 is 24.6 Å².